The van der Waals surface area contributed by atoms with Crippen molar-refractivity contribution in [3.8, 4) is 0 Å². The zero-order valence-corrected chi connectivity index (χ0v) is 8.57. The van der Waals surface area contributed by atoms with E-state index < -0.39 is 5.97 Å². The highest BCUT2D eigenvalue weighted by molar-refractivity contribution is 5.87. The van der Waals surface area contributed by atoms with Crippen LogP contribution in [0.5, 0.6) is 0 Å². The molecule has 2 aliphatic rings. The van der Waals surface area contributed by atoms with Crippen LogP contribution >= 0.6 is 0 Å². The summed E-state index contributed by atoms with van der Waals surface area (Å²) in [4.78, 5) is 11.1. The van der Waals surface area contributed by atoms with Crippen LogP contribution in [0.4, 0.5) is 0 Å². The number of carboxylic acid groups (broad SMARTS) is 1. The Hall–Kier alpha value is -1.32. The first-order valence-corrected chi connectivity index (χ1v) is 5.61. The first-order valence-electron chi connectivity index (χ1n) is 5.61. The van der Waals surface area contributed by atoms with Crippen LogP contribution in [-0.4, -0.2) is 20.9 Å². The fourth-order valence-corrected chi connectivity index (χ4v) is 2.42. The molecule has 0 aromatic carbocycles. The number of hydrogen-bond donors (Lipinski definition) is 1. The second kappa shape index (κ2) is 3.08. The van der Waals surface area contributed by atoms with Gasteiger partial charge in [0.2, 0.25) is 0 Å². The number of hydrogen-bond acceptors (Lipinski definition) is 2. The molecule has 80 valence electrons. The standard InChI is InChI=1S/C11H14N2O2/c14-11(15)10-8-3-1-2-4-9(8)13(12-10)7-5-6-7/h7H,1-6H2,(H,14,15). The lowest BCUT2D eigenvalue weighted by atomic mass is 9.95. The lowest BCUT2D eigenvalue weighted by molar-refractivity contribution is 0.0688. The maximum atomic E-state index is 11.1. The molecule has 0 unspecified atom stereocenters. The van der Waals surface area contributed by atoms with Gasteiger partial charge in [-0.1, -0.05) is 0 Å². The van der Waals surface area contributed by atoms with Crippen molar-refractivity contribution in [3.05, 3.63) is 17.0 Å². The monoisotopic (exact) mass is 206 g/mol. The van der Waals surface area contributed by atoms with Crippen molar-refractivity contribution in [1.29, 1.82) is 0 Å². The summed E-state index contributed by atoms with van der Waals surface area (Å²) >= 11 is 0. The van der Waals surface area contributed by atoms with Gasteiger partial charge in [0.25, 0.3) is 0 Å². The molecule has 3 rings (SSSR count). The quantitative estimate of drug-likeness (QED) is 0.802. The predicted molar refractivity (Wildman–Crippen MR) is 54.1 cm³/mol. The van der Waals surface area contributed by atoms with Crippen LogP contribution in [0.3, 0.4) is 0 Å². The highest BCUT2D eigenvalue weighted by atomic mass is 16.4. The molecule has 4 heteroatoms. The molecule has 1 saturated carbocycles. The summed E-state index contributed by atoms with van der Waals surface area (Å²) < 4.78 is 1.98. The number of rotatable bonds is 2. The van der Waals surface area contributed by atoms with Gasteiger partial charge in [-0.05, 0) is 38.5 Å². The van der Waals surface area contributed by atoms with Crippen LogP contribution in [0.25, 0.3) is 0 Å². The molecule has 0 atom stereocenters. The van der Waals surface area contributed by atoms with Gasteiger partial charge >= 0.3 is 5.97 Å². The lowest BCUT2D eigenvalue weighted by Crippen LogP contribution is -2.08. The molecule has 0 saturated heterocycles. The number of fused-ring (bicyclic) bond motifs is 1. The van der Waals surface area contributed by atoms with Gasteiger partial charge in [-0.3, -0.25) is 4.68 Å². The zero-order chi connectivity index (χ0) is 10.4. The third kappa shape index (κ3) is 1.35. The van der Waals surface area contributed by atoms with Gasteiger partial charge in [-0.15, -0.1) is 0 Å². The Labute approximate surface area is 87.9 Å². The van der Waals surface area contributed by atoms with E-state index in [0.717, 1.165) is 37.7 Å². The van der Waals surface area contributed by atoms with Crippen molar-refractivity contribution in [1.82, 2.24) is 9.78 Å². The lowest BCUT2D eigenvalue weighted by Gasteiger charge is -2.13. The third-order valence-electron chi connectivity index (χ3n) is 3.30. The van der Waals surface area contributed by atoms with Crippen LogP contribution in [0.1, 0.15) is 53.5 Å². The van der Waals surface area contributed by atoms with Crippen molar-refractivity contribution in [2.75, 3.05) is 0 Å². The summed E-state index contributed by atoms with van der Waals surface area (Å²) in [5, 5.41) is 13.4. The van der Waals surface area contributed by atoms with Crippen molar-refractivity contribution in [3.63, 3.8) is 0 Å². The average molecular weight is 206 g/mol. The van der Waals surface area contributed by atoms with Crippen LogP contribution in [0, 0.1) is 0 Å². The molecular formula is C11H14N2O2. The van der Waals surface area contributed by atoms with Gasteiger partial charge in [0, 0.05) is 11.3 Å². The van der Waals surface area contributed by atoms with E-state index in [-0.39, 0.29) is 0 Å². The van der Waals surface area contributed by atoms with Crippen molar-refractivity contribution < 1.29 is 9.90 Å². The molecule has 1 N–H and O–H groups in total. The van der Waals surface area contributed by atoms with Crippen molar-refractivity contribution >= 4 is 5.97 Å². The summed E-state index contributed by atoms with van der Waals surface area (Å²) in [5.74, 6) is -0.868. The summed E-state index contributed by atoms with van der Waals surface area (Å²) in [6.07, 6.45) is 6.49. The fourth-order valence-electron chi connectivity index (χ4n) is 2.42. The first kappa shape index (κ1) is 8.95. The van der Waals surface area contributed by atoms with E-state index in [2.05, 4.69) is 5.10 Å². The molecular weight excluding hydrogens is 192 g/mol. The van der Waals surface area contributed by atoms with Gasteiger partial charge in [-0.2, -0.15) is 5.10 Å². The number of aromatic nitrogens is 2. The smallest absolute Gasteiger partial charge is 0.356 e. The Balaban J connectivity index is 2.11. The summed E-state index contributed by atoms with van der Waals surface area (Å²) in [7, 11) is 0. The van der Waals surface area contributed by atoms with Gasteiger partial charge in [-0.25, -0.2) is 4.79 Å². The van der Waals surface area contributed by atoms with Crippen molar-refractivity contribution in [2.24, 2.45) is 0 Å². The Morgan fingerprint density at radius 2 is 2.07 bits per heavy atom. The Morgan fingerprint density at radius 1 is 1.33 bits per heavy atom. The molecule has 1 aromatic heterocycles. The van der Waals surface area contributed by atoms with E-state index in [1.54, 1.807) is 0 Å². The van der Waals surface area contributed by atoms with Crippen LogP contribution in [-0.2, 0) is 12.8 Å². The van der Waals surface area contributed by atoms with Crippen molar-refractivity contribution in [2.45, 2.75) is 44.6 Å². The summed E-state index contributed by atoms with van der Waals surface area (Å²) in [5.41, 5.74) is 2.50. The second-order valence-corrected chi connectivity index (χ2v) is 4.46. The Bertz CT molecular complexity index is 418. The molecule has 2 aliphatic carbocycles. The summed E-state index contributed by atoms with van der Waals surface area (Å²) in [6, 6.07) is 0.491. The van der Waals surface area contributed by atoms with E-state index in [4.69, 9.17) is 5.11 Å². The average Bonchev–Trinajstić information content (AvgIpc) is 2.99. The van der Waals surface area contributed by atoms with Crippen LogP contribution in [0.2, 0.25) is 0 Å². The topological polar surface area (TPSA) is 55.1 Å². The molecule has 1 aromatic rings. The molecule has 1 heterocycles. The fraction of sp³-hybridized carbons (Fsp3) is 0.636. The van der Waals surface area contributed by atoms with E-state index in [1.165, 1.54) is 12.1 Å². The number of aromatic carboxylic acids is 1. The maximum Gasteiger partial charge on any atom is 0.356 e. The van der Waals surface area contributed by atoms with Gasteiger partial charge in [0.05, 0.1) is 6.04 Å². The first-order chi connectivity index (χ1) is 7.27. The van der Waals surface area contributed by atoms with Gasteiger partial charge < -0.3 is 5.11 Å². The molecule has 15 heavy (non-hydrogen) atoms. The molecule has 0 bridgehead atoms. The normalized spacial score (nSPS) is 20.0. The van der Waals surface area contributed by atoms with Gasteiger partial charge in [0.15, 0.2) is 5.69 Å². The van der Waals surface area contributed by atoms with Crippen LogP contribution < -0.4 is 0 Å². The number of carbonyl (C=O) groups is 1. The number of carboxylic acids is 1. The molecule has 0 radical (unpaired) electrons. The second-order valence-electron chi connectivity index (χ2n) is 4.46. The minimum Gasteiger partial charge on any atom is -0.476 e. The van der Waals surface area contributed by atoms with Crippen LogP contribution in [0.15, 0.2) is 0 Å². The maximum absolute atomic E-state index is 11.1. The molecule has 0 spiro atoms. The van der Waals surface area contributed by atoms with E-state index in [9.17, 15) is 4.79 Å². The molecule has 0 amide bonds. The van der Waals surface area contributed by atoms with Gasteiger partial charge in [0.1, 0.15) is 0 Å². The highest BCUT2D eigenvalue weighted by Crippen LogP contribution is 2.38. The Morgan fingerprint density at radius 3 is 2.73 bits per heavy atom. The van der Waals surface area contributed by atoms with E-state index in [0.29, 0.717) is 11.7 Å². The largest absolute Gasteiger partial charge is 0.476 e. The zero-order valence-electron chi connectivity index (χ0n) is 8.57. The van der Waals surface area contributed by atoms with E-state index >= 15 is 0 Å². The predicted octanol–water partition coefficient (Wildman–Crippen LogP) is 1.79. The third-order valence-corrected chi connectivity index (χ3v) is 3.30. The SMILES string of the molecule is O=C(O)c1nn(C2CC2)c2c1CCCC2. The summed E-state index contributed by atoms with van der Waals surface area (Å²) in [6.45, 7) is 0. The minimum absolute atomic E-state index is 0.302. The van der Waals surface area contributed by atoms with E-state index in [1.807, 2.05) is 4.68 Å². The highest BCUT2D eigenvalue weighted by Gasteiger charge is 2.32. The molecule has 4 nitrogen and oxygen atoms in total. The minimum atomic E-state index is -0.868. The molecule has 1 fully saturated rings. The Kier molecular flexibility index (Phi) is 1.84. The molecule has 0 aliphatic heterocycles. The number of nitrogens with zero attached hydrogens (tertiary/aromatic N) is 2.